The molecule has 0 atom stereocenters. The van der Waals surface area contributed by atoms with E-state index < -0.39 is 17.8 Å². The van der Waals surface area contributed by atoms with Crippen LogP contribution in [0.15, 0.2) is 72.6 Å². The van der Waals surface area contributed by atoms with Crippen LogP contribution < -0.4 is 10.2 Å². The lowest BCUT2D eigenvalue weighted by atomic mass is 10.1. The second-order valence-electron chi connectivity index (χ2n) is 6.24. The molecule has 1 aliphatic rings. The number of urea groups is 1. The van der Waals surface area contributed by atoms with E-state index in [1.54, 1.807) is 12.3 Å². The van der Waals surface area contributed by atoms with E-state index in [9.17, 15) is 14.4 Å². The first-order chi connectivity index (χ1) is 13.9. The van der Waals surface area contributed by atoms with E-state index in [0.717, 1.165) is 10.6 Å². The summed E-state index contributed by atoms with van der Waals surface area (Å²) in [5.41, 5.74) is 1.61. The number of hydrogen-bond donors (Lipinski definition) is 1. The van der Waals surface area contributed by atoms with E-state index >= 15 is 0 Å². The Hall–Kier alpha value is -3.35. The summed E-state index contributed by atoms with van der Waals surface area (Å²) in [5, 5.41) is 2.65. The Labute approximate surface area is 175 Å². The van der Waals surface area contributed by atoms with Gasteiger partial charge in [-0.1, -0.05) is 41.4 Å². The van der Waals surface area contributed by atoms with Crippen molar-refractivity contribution in [3.63, 3.8) is 0 Å². The normalized spacial score (nSPS) is 15.7. The Morgan fingerprint density at radius 3 is 2.34 bits per heavy atom. The molecule has 1 aromatic heterocycles. The molecule has 0 spiro atoms. The standard InChI is InChI=1S/C21H13Cl2N3O3/c22-17-7-6-15(11-18(17)23)26-20(28)16(19(27)24-21(26)29)10-13-8-9-25(12-13)14-4-2-1-3-5-14/h1-12H,(H,24,27,29)/b16-10-. The van der Waals surface area contributed by atoms with E-state index in [2.05, 4.69) is 5.32 Å². The molecular formula is C21H13Cl2N3O3. The number of para-hydroxylation sites is 1. The maximum absolute atomic E-state index is 12.9. The van der Waals surface area contributed by atoms with Crippen LogP contribution in [-0.4, -0.2) is 22.4 Å². The minimum Gasteiger partial charge on any atom is -0.323 e. The zero-order chi connectivity index (χ0) is 20.5. The number of barbiturate groups is 1. The molecule has 0 radical (unpaired) electrons. The Morgan fingerprint density at radius 1 is 0.862 bits per heavy atom. The first kappa shape index (κ1) is 19.0. The van der Waals surface area contributed by atoms with Gasteiger partial charge in [-0.05, 0) is 48.0 Å². The number of anilines is 1. The molecular weight excluding hydrogens is 413 g/mol. The van der Waals surface area contributed by atoms with Gasteiger partial charge in [0.1, 0.15) is 5.57 Å². The summed E-state index contributed by atoms with van der Waals surface area (Å²) < 4.78 is 1.86. The van der Waals surface area contributed by atoms with Crippen LogP contribution in [0.1, 0.15) is 5.56 Å². The van der Waals surface area contributed by atoms with E-state index in [1.165, 1.54) is 24.3 Å². The number of rotatable bonds is 3. The Morgan fingerprint density at radius 2 is 1.62 bits per heavy atom. The van der Waals surface area contributed by atoms with Crippen molar-refractivity contribution in [1.82, 2.24) is 9.88 Å². The highest BCUT2D eigenvalue weighted by atomic mass is 35.5. The zero-order valence-corrected chi connectivity index (χ0v) is 16.3. The second-order valence-corrected chi connectivity index (χ2v) is 7.06. The number of aromatic nitrogens is 1. The van der Waals surface area contributed by atoms with Gasteiger partial charge < -0.3 is 4.57 Å². The number of amides is 4. The summed E-state index contributed by atoms with van der Waals surface area (Å²) >= 11 is 11.9. The van der Waals surface area contributed by atoms with Crippen LogP contribution in [0.5, 0.6) is 0 Å². The molecule has 1 aliphatic heterocycles. The number of nitrogens with one attached hydrogen (secondary N) is 1. The maximum Gasteiger partial charge on any atom is 0.335 e. The minimum absolute atomic E-state index is 0.165. The average molecular weight is 426 g/mol. The summed E-state index contributed by atoms with van der Waals surface area (Å²) in [6.45, 7) is 0. The second kappa shape index (κ2) is 7.58. The highest BCUT2D eigenvalue weighted by molar-refractivity contribution is 6.43. The number of carbonyl (C=O) groups excluding carboxylic acids is 3. The molecule has 0 unspecified atom stereocenters. The van der Waals surface area contributed by atoms with Gasteiger partial charge in [-0.15, -0.1) is 0 Å². The zero-order valence-electron chi connectivity index (χ0n) is 14.8. The van der Waals surface area contributed by atoms with Crippen molar-refractivity contribution in [1.29, 1.82) is 0 Å². The Bertz CT molecular complexity index is 1170. The Balaban J connectivity index is 1.69. The number of hydrogen-bond acceptors (Lipinski definition) is 3. The van der Waals surface area contributed by atoms with Gasteiger partial charge in [0, 0.05) is 18.1 Å². The average Bonchev–Trinajstić information content (AvgIpc) is 3.17. The smallest absolute Gasteiger partial charge is 0.323 e. The molecule has 3 aromatic rings. The van der Waals surface area contributed by atoms with E-state index in [-0.39, 0.29) is 21.3 Å². The molecule has 144 valence electrons. The van der Waals surface area contributed by atoms with E-state index in [4.69, 9.17) is 23.2 Å². The predicted octanol–water partition coefficient (Wildman–Crippen LogP) is 4.45. The van der Waals surface area contributed by atoms with Crippen molar-refractivity contribution in [2.45, 2.75) is 0 Å². The molecule has 6 nitrogen and oxygen atoms in total. The van der Waals surface area contributed by atoms with Gasteiger partial charge in [0.2, 0.25) is 0 Å². The van der Waals surface area contributed by atoms with Crippen LogP contribution >= 0.6 is 23.2 Å². The van der Waals surface area contributed by atoms with Gasteiger partial charge in [-0.2, -0.15) is 0 Å². The van der Waals surface area contributed by atoms with Crippen molar-refractivity contribution < 1.29 is 14.4 Å². The fraction of sp³-hybridized carbons (Fsp3) is 0. The van der Waals surface area contributed by atoms with E-state index in [0.29, 0.717) is 5.56 Å². The molecule has 4 rings (SSSR count). The molecule has 29 heavy (non-hydrogen) atoms. The summed E-state index contributed by atoms with van der Waals surface area (Å²) in [6.07, 6.45) is 5.03. The summed E-state index contributed by atoms with van der Waals surface area (Å²) in [7, 11) is 0. The lowest BCUT2D eigenvalue weighted by Crippen LogP contribution is -2.54. The van der Waals surface area contributed by atoms with Crippen molar-refractivity contribution in [2.24, 2.45) is 0 Å². The van der Waals surface area contributed by atoms with Crippen molar-refractivity contribution in [3.8, 4) is 5.69 Å². The molecule has 2 aromatic carbocycles. The number of imide groups is 2. The van der Waals surface area contributed by atoms with Crippen LogP contribution in [0.3, 0.4) is 0 Å². The van der Waals surface area contributed by atoms with Gasteiger partial charge >= 0.3 is 6.03 Å². The van der Waals surface area contributed by atoms with Crippen molar-refractivity contribution in [3.05, 3.63) is 88.2 Å². The molecule has 0 saturated carbocycles. The maximum atomic E-state index is 12.9. The molecule has 2 heterocycles. The third-order valence-electron chi connectivity index (χ3n) is 4.34. The fourth-order valence-electron chi connectivity index (χ4n) is 2.94. The lowest BCUT2D eigenvalue weighted by molar-refractivity contribution is -0.122. The van der Waals surface area contributed by atoms with Gasteiger partial charge in [0.15, 0.2) is 0 Å². The molecule has 4 amide bonds. The molecule has 0 aliphatic carbocycles. The molecule has 8 heteroatoms. The predicted molar refractivity (Wildman–Crippen MR) is 111 cm³/mol. The van der Waals surface area contributed by atoms with Gasteiger partial charge in [0.05, 0.1) is 15.7 Å². The van der Waals surface area contributed by atoms with Gasteiger partial charge in [0.25, 0.3) is 11.8 Å². The third kappa shape index (κ3) is 3.68. The fourth-order valence-corrected chi connectivity index (χ4v) is 3.23. The number of halogens is 2. The summed E-state index contributed by atoms with van der Waals surface area (Å²) in [6, 6.07) is 14.8. The SMILES string of the molecule is O=C1NC(=O)N(c2ccc(Cl)c(Cl)c2)C(=O)/C1=C\c1ccn(-c2ccccc2)c1. The van der Waals surface area contributed by atoms with Gasteiger partial charge in [-0.3, -0.25) is 14.9 Å². The number of carbonyl (C=O) groups is 3. The largest absolute Gasteiger partial charge is 0.335 e. The molecule has 1 N–H and O–H groups in total. The van der Waals surface area contributed by atoms with Gasteiger partial charge in [-0.25, -0.2) is 9.69 Å². The van der Waals surface area contributed by atoms with E-state index in [1.807, 2.05) is 41.1 Å². The quantitative estimate of drug-likeness (QED) is 0.497. The van der Waals surface area contributed by atoms with Crippen molar-refractivity contribution in [2.75, 3.05) is 4.90 Å². The first-order valence-corrected chi connectivity index (χ1v) is 9.29. The summed E-state index contributed by atoms with van der Waals surface area (Å²) in [5.74, 6) is -1.51. The number of benzene rings is 2. The number of nitrogens with zero attached hydrogens (tertiary/aromatic N) is 2. The summed E-state index contributed by atoms with van der Waals surface area (Å²) in [4.78, 5) is 38.3. The molecule has 0 bridgehead atoms. The lowest BCUT2D eigenvalue weighted by Gasteiger charge is -2.26. The minimum atomic E-state index is -0.850. The highest BCUT2D eigenvalue weighted by Crippen LogP contribution is 2.29. The Kier molecular flexibility index (Phi) is 4.96. The highest BCUT2D eigenvalue weighted by Gasteiger charge is 2.37. The topological polar surface area (TPSA) is 71.4 Å². The van der Waals surface area contributed by atoms with Crippen LogP contribution in [0.2, 0.25) is 10.0 Å². The van der Waals surface area contributed by atoms with Crippen LogP contribution in [0.25, 0.3) is 11.8 Å². The molecule has 1 saturated heterocycles. The van der Waals surface area contributed by atoms with Crippen LogP contribution in [0.4, 0.5) is 10.5 Å². The molecule has 1 fully saturated rings. The van der Waals surface area contributed by atoms with Crippen molar-refractivity contribution >= 4 is 52.8 Å². The first-order valence-electron chi connectivity index (χ1n) is 8.54. The van der Waals surface area contributed by atoms with Crippen LogP contribution in [-0.2, 0) is 9.59 Å². The third-order valence-corrected chi connectivity index (χ3v) is 5.08. The van der Waals surface area contributed by atoms with Crippen LogP contribution in [0, 0.1) is 0 Å². The monoisotopic (exact) mass is 425 g/mol.